The minimum atomic E-state index is -0.509. The van der Waals surface area contributed by atoms with Crippen LogP contribution in [0.3, 0.4) is 0 Å². The molecule has 0 radical (unpaired) electrons. The minimum Gasteiger partial charge on any atom is -0.350 e. The van der Waals surface area contributed by atoms with Crippen molar-refractivity contribution in [3.05, 3.63) is 65.7 Å². The van der Waals surface area contributed by atoms with Crippen molar-refractivity contribution in [2.75, 3.05) is 12.3 Å². The zero-order valence-corrected chi connectivity index (χ0v) is 19.6. The Hall–Kier alpha value is -2.27. The van der Waals surface area contributed by atoms with Crippen LogP contribution in [-0.2, 0) is 16.0 Å². The molecule has 1 atom stereocenters. The summed E-state index contributed by atoms with van der Waals surface area (Å²) < 4.78 is 0. The van der Waals surface area contributed by atoms with Crippen molar-refractivity contribution in [2.24, 2.45) is 0 Å². The lowest BCUT2D eigenvalue weighted by Crippen LogP contribution is -2.53. The third-order valence-corrected chi connectivity index (χ3v) is 5.77. The number of carbonyl (C=O) groups is 2. The van der Waals surface area contributed by atoms with Crippen LogP contribution in [0.2, 0.25) is 0 Å². The van der Waals surface area contributed by atoms with Crippen molar-refractivity contribution in [3.63, 3.8) is 0 Å². The summed E-state index contributed by atoms with van der Waals surface area (Å²) in [6, 6.07) is 17.9. The molecule has 0 bridgehead atoms. The Morgan fingerprint density at radius 2 is 1.67 bits per heavy atom. The van der Waals surface area contributed by atoms with Gasteiger partial charge in [-0.1, -0.05) is 48.0 Å². The average molecular weight is 427 g/mol. The standard InChI is InChI=1S/C25H34N2O2S/c1-19-11-13-22(14-12-19)30-18-16-23(28)27(17-15-21-9-7-6-8-10-21)20(2)24(29)26-25(3,4)5/h6-14,20H,15-18H2,1-5H3,(H,26,29)/t20-/m1/s1. The third kappa shape index (κ3) is 8.23. The van der Waals surface area contributed by atoms with Gasteiger partial charge in [-0.15, -0.1) is 11.8 Å². The highest BCUT2D eigenvalue weighted by Gasteiger charge is 2.27. The number of hydrogen-bond donors (Lipinski definition) is 1. The average Bonchev–Trinajstić information content (AvgIpc) is 2.69. The second kappa shape index (κ2) is 11.2. The lowest BCUT2D eigenvalue weighted by atomic mass is 10.1. The van der Waals surface area contributed by atoms with Crippen molar-refractivity contribution >= 4 is 23.6 Å². The van der Waals surface area contributed by atoms with Gasteiger partial charge in [-0.05, 0) is 58.7 Å². The molecule has 2 amide bonds. The summed E-state index contributed by atoms with van der Waals surface area (Å²) in [5.41, 5.74) is 2.05. The second-order valence-corrected chi connectivity index (χ2v) is 9.82. The van der Waals surface area contributed by atoms with E-state index >= 15 is 0 Å². The van der Waals surface area contributed by atoms with E-state index in [0.29, 0.717) is 18.7 Å². The maximum absolute atomic E-state index is 13.1. The number of nitrogens with one attached hydrogen (secondary N) is 1. The molecule has 0 heterocycles. The van der Waals surface area contributed by atoms with Crippen molar-refractivity contribution in [1.29, 1.82) is 0 Å². The van der Waals surface area contributed by atoms with Crippen molar-refractivity contribution < 1.29 is 9.59 Å². The molecule has 2 rings (SSSR count). The van der Waals surface area contributed by atoms with Crippen LogP contribution in [0.4, 0.5) is 0 Å². The van der Waals surface area contributed by atoms with Crippen LogP contribution in [0, 0.1) is 6.92 Å². The summed E-state index contributed by atoms with van der Waals surface area (Å²) in [5.74, 6) is 0.592. The normalized spacial score (nSPS) is 12.3. The fraction of sp³-hybridized carbons (Fsp3) is 0.440. The minimum absolute atomic E-state index is 0.0158. The van der Waals surface area contributed by atoms with E-state index in [2.05, 4.69) is 48.6 Å². The van der Waals surface area contributed by atoms with Gasteiger partial charge in [-0.3, -0.25) is 9.59 Å². The monoisotopic (exact) mass is 426 g/mol. The van der Waals surface area contributed by atoms with Gasteiger partial charge in [0.2, 0.25) is 11.8 Å². The molecule has 0 aliphatic heterocycles. The maximum atomic E-state index is 13.1. The number of carbonyl (C=O) groups excluding carboxylic acids is 2. The van der Waals surface area contributed by atoms with Crippen LogP contribution in [0.25, 0.3) is 0 Å². The molecule has 162 valence electrons. The summed E-state index contributed by atoms with van der Waals surface area (Å²) in [6.07, 6.45) is 1.13. The molecule has 0 fully saturated rings. The fourth-order valence-corrected chi connectivity index (χ4v) is 3.92. The second-order valence-electron chi connectivity index (χ2n) is 8.65. The van der Waals surface area contributed by atoms with Gasteiger partial charge >= 0.3 is 0 Å². The van der Waals surface area contributed by atoms with Gasteiger partial charge < -0.3 is 10.2 Å². The molecule has 30 heavy (non-hydrogen) atoms. The van der Waals surface area contributed by atoms with Gasteiger partial charge in [0, 0.05) is 29.2 Å². The molecule has 0 saturated carbocycles. The van der Waals surface area contributed by atoms with Gasteiger partial charge in [0.15, 0.2) is 0 Å². The van der Waals surface area contributed by atoms with E-state index < -0.39 is 6.04 Å². The number of aryl methyl sites for hydroxylation is 1. The van der Waals surface area contributed by atoms with Gasteiger partial charge in [0.05, 0.1) is 0 Å². The summed E-state index contributed by atoms with van der Waals surface area (Å²) in [4.78, 5) is 28.7. The lowest BCUT2D eigenvalue weighted by molar-refractivity contribution is -0.140. The first-order valence-electron chi connectivity index (χ1n) is 10.5. The molecule has 5 heteroatoms. The fourth-order valence-electron chi connectivity index (χ4n) is 3.08. The first kappa shape index (κ1) is 24.0. The van der Waals surface area contributed by atoms with E-state index in [9.17, 15) is 9.59 Å². The van der Waals surface area contributed by atoms with E-state index in [1.165, 1.54) is 5.56 Å². The number of rotatable bonds is 9. The van der Waals surface area contributed by atoms with Gasteiger partial charge in [-0.25, -0.2) is 0 Å². The summed E-state index contributed by atoms with van der Waals surface area (Å²) >= 11 is 1.67. The first-order valence-corrected chi connectivity index (χ1v) is 11.5. The van der Waals surface area contributed by atoms with Gasteiger partial charge in [0.25, 0.3) is 0 Å². The molecule has 0 aliphatic carbocycles. The van der Waals surface area contributed by atoms with Gasteiger partial charge in [0.1, 0.15) is 6.04 Å². The van der Waals surface area contributed by atoms with Crippen LogP contribution < -0.4 is 5.32 Å². The lowest BCUT2D eigenvalue weighted by Gasteiger charge is -2.31. The number of hydrogen-bond acceptors (Lipinski definition) is 3. The van der Waals surface area contributed by atoms with Gasteiger partial charge in [-0.2, -0.15) is 0 Å². The number of nitrogens with zero attached hydrogens (tertiary/aromatic N) is 1. The first-order chi connectivity index (χ1) is 14.2. The molecule has 0 aliphatic rings. The molecule has 2 aromatic carbocycles. The quantitative estimate of drug-likeness (QED) is 0.583. The zero-order chi connectivity index (χ0) is 22.1. The van der Waals surface area contributed by atoms with Crippen LogP contribution in [0.5, 0.6) is 0 Å². The summed E-state index contributed by atoms with van der Waals surface area (Å²) in [7, 11) is 0. The van der Waals surface area contributed by atoms with Crippen LogP contribution in [0.1, 0.15) is 45.2 Å². The Morgan fingerprint density at radius 1 is 1.03 bits per heavy atom. The highest BCUT2D eigenvalue weighted by atomic mass is 32.2. The predicted molar refractivity (Wildman–Crippen MR) is 126 cm³/mol. The van der Waals surface area contributed by atoms with Crippen LogP contribution in [0.15, 0.2) is 59.5 Å². The predicted octanol–water partition coefficient (Wildman–Crippen LogP) is 4.85. The molecule has 4 nitrogen and oxygen atoms in total. The summed E-state index contributed by atoms with van der Waals surface area (Å²) in [6.45, 7) is 10.3. The number of amides is 2. The highest BCUT2D eigenvalue weighted by molar-refractivity contribution is 7.99. The number of benzene rings is 2. The summed E-state index contributed by atoms with van der Waals surface area (Å²) in [5, 5.41) is 3.00. The van der Waals surface area contributed by atoms with E-state index in [1.807, 2.05) is 45.9 Å². The zero-order valence-electron chi connectivity index (χ0n) is 18.8. The molecule has 0 unspecified atom stereocenters. The molecular formula is C25H34N2O2S. The third-order valence-electron chi connectivity index (χ3n) is 4.76. The topological polar surface area (TPSA) is 49.4 Å². The van der Waals surface area contributed by atoms with Crippen LogP contribution >= 0.6 is 11.8 Å². The van der Waals surface area contributed by atoms with Crippen molar-refractivity contribution in [2.45, 2.75) is 63.9 Å². The molecule has 0 aromatic heterocycles. The Morgan fingerprint density at radius 3 is 2.27 bits per heavy atom. The highest BCUT2D eigenvalue weighted by Crippen LogP contribution is 2.20. The SMILES string of the molecule is Cc1ccc(SCCC(=O)N(CCc2ccccc2)[C@H](C)C(=O)NC(C)(C)C)cc1. The van der Waals surface area contributed by atoms with E-state index in [-0.39, 0.29) is 17.4 Å². The van der Waals surface area contributed by atoms with Crippen molar-refractivity contribution in [3.8, 4) is 0 Å². The molecule has 0 spiro atoms. The molecule has 0 saturated heterocycles. The molecule has 2 aromatic rings. The molecule has 1 N–H and O–H groups in total. The smallest absolute Gasteiger partial charge is 0.242 e. The van der Waals surface area contributed by atoms with E-state index in [4.69, 9.17) is 0 Å². The largest absolute Gasteiger partial charge is 0.350 e. The maximum Gasteiger partial charge on any atom is 0.242 e. The Bertz CT molecular complexity index is 813. The Kier molecular flexibility index (Phi) is 8.97. The van der Waals surface area contributed by atoms with Crippen molar-refractivity contribution in [1.82, 2.24) is 10.2 Å². The Balaban J connectivity index is 2.01. The number of thioether (sulfide) groups is 1. The van der Waals surface area contributed by atoms with E-state index in [1.54, 1.807) is 16.7 Å². The molecular weight excluding hydrogens is 392 g/mol. The van der Waals surface area contributed by atoms with Crippen LogP contribution in [-0.4, -0.2) is 40.6 Å². The Labute approximate surface area is 185 Å². The van der Waals surface area contributed by atoms with E-state index in [0.717, 1.165) is 16.9 Å².